The Bertz CT molecular complexity index is 1470. The van der Waals surface area contributed by atoms with Crippen molar-refractivity contribution in [3.8, 4) is 0 Å². The van der Waals surface area contributed by atoms with Crippen molar-refractivity contribution in [1.82, 2.24) is 41.6 Å². The summed E-state index contributed by atoms with van der Waals surface area (Å²) in [6, 6.07) is 15.9. The molecule has 2 aromatic heterocycles. The Morgan fingerprint density at radius 1 is 1.00 bits per heavy atom. The Kier molecular flexibility index (Phi) is 8.69. The molecule has 2 aromatic carbocycles. The van der Waals surface area contributed by atoms with E-state index in [-0.39, 0.29) is 31.8 Å². The minimum Gasteiger partial charge on any atom is -0.465 e. The first-order valence-corrected chi connectivity index (χ1v) is 12.5. The van der Waals surface area contributed by atoms with Crippen molar-refractivity contribution < 1.29 is 24.3 Å². The van der Waals surface area contributed by atoms with E-state index >= 15 is 0 Å². The molecule has 4 amide bonds. The van der Waals surface area contributed by atoms with Gasteiger partial charge in [0.1, 0.15) is 5.54 Å². The SMILES string of the molecule is CC(Cc1c[nH]c2ccccc12)(NC(=O)O)C(=O)NCC(NC(=O)CCC(=O)Nc1nnn[nH]1)c1ccccc1. The molecule has 0 aliphatic rings. The van der Waals surface area contributed by atoms with Crippen molar-refractivity contribution in [2.75, 3.05) is 11.9 Å². The number of carbonyl (C=O) groups excluding carboxylic acids is 3. The highest BCUT2D eigenvalue weighted by Gasteiger charge is 2.36. The van der Waals surface area contributed by atoms with Gasteiger partial charge in [-0.1, -0.05) is 53.6 Å². The first-order chi connectivity index (χ1) is 19.2. The van der Waals surface area contributed by atoms with Gasteiger partial charge in [0.15, 0.2) is 0 Å². The second kappa shape index (κ2) is 12.5. The van der Waals surface area contributed by atoms with Crippen molar-refractivity contribution >= 4 is 40.7 Å². The Hall–Kier alpha value is -5.27. The standard InChI is InChI=1S/C26H29N9O5/c1-26(31-25(39)40,13-17-14-27-19-10-6-5-9-18(17)19)23(38)28-15-20(16-7-3-2-4-8-16)29-21(36)11-12-22(37)30-24-32-34-35-33-24/h2-10,14,20,27,31H,11-13,15H2,1H3,(H,28,38)(H,29,36)(H,39,40)(H2,30,32,33,34,35,37). The number of carbonyl (C=O) groups is 4. The summed E-state index contributed by atoms with van der Waals surface area (Å²) in [5.41, 5.74) is 0.858. The van der Waals surface area contributed by atoms with Crippen LogP contribution in [0.25, 0.3) is 10.9 Å². The lowest BCUT2D eigenvalue weighted by molar-refractivity contribution is -0.127. The second-order valence-corrected chi connectivity index (χ2v) is 9.34. The molecule has 2 unspecified atom stereocenters. The molecule has 7 N–H and O–H groups in total. The summed E-state index contributed by atoms with van der Waals surface area (Å²) in [7, 11) is 0. The van der Waals surface area contributed by atoms with Crippen molar-refractivity contribution in [2.24, 2.45) is 0 Å². The number of aromatic amines is 2. The molecular formula is C26H29N9O5. The number of carboxylic acid groups (broad SMARTS) is 1. The quantitative estimate of drug-likeness (QED) is 0.138. The van der Waals surface area contributed by atoms with Crippen LogP contribution < -0.4 is 21.3 Å². The van der Waals surface area contributed by atoms with Crippen molar-refractivity contribution in [3.05, 3.63) is 71.9 Å². The second-order valence-electron chi connectivity index (χ2n) is 9.34. The normalized spacial score (nSPS) is 13.1. The number of tetrazole rings is 1. The number of fused-ring (bicyclic) bond motifs is 1. The summed E-state index contributed by atoms with van der Waals surface area (Å²) in [6.45, 7) is 1.49. The molecule has 14 nitrogen and oxygen atoms in total. The van der Waals surface area contributed by atoms with Gasteiger partial charge in [0.25, 0.3) is 0 Å². The minimum atomic E-state index is -1.50. The highest BCUT2D eigenvalue weighted by molar-refractivity contribution is 5.92. The third-order valence-corrected chi connectivity index (χ3v) is 6.29. The molecule has 208 valence electrons. The van der Waals surface area contributed by atoms with E-state index in [1.165, 1.54) is 6.92 Å². The first-order valence-electron chi connectivity index (χ1n) is 12.5. The molecule has 0 saturated heterocycles. The minimum absolute atomic E-state index is 0.0186. The van der Waals surface area contributed by atoms with Crippen LogP contribution in [0.3, 0.4) is 0 Å². The van der Waals surface area contributed by atoms with Gasteiger partial charge in [-0.25, -0.2) is 9.89 Å². The number of para-hydroxylation sites is 1. The summed E-state index contributed by atoms with van der Waals surface area (Å²) in [5.74, 6) is -1.36. The molecule has 0 saturated carbocycles. The number of aromatic nitrogens is 5. The summed E-state index contributed by atoms with van der Waals surface area (Å²) < 4.78 is 0. The Labute approximate surface area is 228 Å². The monoisotopic (exact) mass is 547 g/mol. The zero-order valence-corrected chi connectivity index (χ0v) is 21.6. The molecule has 4 aromatic rings. The molecule has 4 rings (SSSR count). The van der Waals surface area contributed by atoms with E-state index in [1.54, 1.807) is 30.5 Å². The van der Waals surface area contributed by atoms with Gasteiger partial charge in [-0.3, -0.25) is 19.7 Å². The van der Waals surface area contributed by atoms with Gasteiger partial charge in [0.2, 0.25) is 23.7 Å². The van der Waals surface area contributed by atoms with Gasteiger partial charge in [-0.05, 0) is 34.5 Å². The van der Waals surface area contributed by atoms with E-state index in [2.05, 4.69) is 46.9 Å². The lowest BCUT2D eigenvalue weighted by atomic mass is 9.91. The van der Waals surface area contributed by atoms with E-state index in [9.17, 15) is 24.3 Å². The number of hydrogen-bond donors (Lipinski definition) is 7. The van der Waals surface area contributed by atoms with Gasteiger partial charge in [0, 0.05) is 42.9 Å². The summed E-state index contributed by atoms with van der Waals surface area (Å²) in [6.07, 6.45) is 0.259. The number of nitrogens with zero attached hydrogens (tertiary/aromatic N) is 3. The van der Waals surface area contributed by atoms with Crippen LogP contribution in [0.2, 0.25) is 0 Å². The van der Waals surface area contributed by atoms with Crippen LogP contribution in [0.4, 0.5) is 10.7 Å². The topological polar surface area (TPSA) is 207 Å². The van der Waals surface area contributed by atoms with E-state index < -0.39 is 35.4 Å². The number of anilines is 1. The van der Waals surface area contributed by atoms with Crippen LogP contribution in [0.5, 0.6) is 0 Å². The average Bonchev–Trinajstić information content (AvgIpc) is 3.60. The molecule has 0 spiro atoms. The number of rotatable bonds is 12. The number of nitrogens with one attached hydrogen (secondary N) is 6. The lowest BCUT2D eigenvalue weighted by Crippen LogP contribution is -2.58. The maximum atomic E-state index is 13.4. The number of amides is 4. The number of benzene rings is 2. The third-order valence-electron chi connectivity index (χ3n) is 6.29. The highest BCUT2D eigenvalue weighted by Crippen LogP contribution is 2.23. The molecule has 0 bridgehead atoms. The summed E-state index contributed by atoms with van der Waals surface area (Å²) in [5, 5.41) is 33.5. The van der Waals surface area contributed by atoms with E-state index in [4.69, 9.17) is 0 Å². The number of hydrogen-bond acceptors (Lipinski definition) is 7. The third kappa shape index (κ3) is 7.18. The maximum absolute atomic E-state index is 13.4. The molecule has 0 radical (unpaired) electrons. The molecule has 0 fully saturated rings. The fourth-order valence-corrected chi connectivity index (χ4v) is 4.30. The number of H-pyrrole nitrogens is 2. The summed E-state index contributed by atoms with van der Waals surface area (Å²) in [4.78, 5) is 53.0. The van der Waals surface area contributed by atoms with Crippen molar-refractivity contribution in [1.29, 1.82) is 0 Å². The largest absolute Gasteiger partial charge is 0.465 e. The van der Waals surface area contributed by atoms with Gasteiger partial charge < -0.3 is 26.0 Å². The molecule has 2 atom stereocenters. The Morgan fingerprint density at radius 2 is 1.73 bits per heavy atom. The fraction of sp³-hybridized carbons (Fsp3) is 0.269. The summed E-state index contributed by atoms with van der Waals surface area (Å²) >= 11 is 0. The van der Waals surface area contributed by atoms with Gasteiger partial charge in [0.05, 0.1) is 6.04 Å². The average molecular weight is 548 g/mol. The van der Waals surface area contributed by atoms with E-state index in [1.807, 2.05) is 30.3 Å². The zero-order chi connectivity index (χ0) is 28.5. The van der Waals surface area contributed by atoms with Gasteiger partial charge >= 0.3 is 6.09 Å². The van der Waals surface area contributed by atoms with E-state index in [0.29, 0.717) is 0 Å². The van der Waals surface area contributed by atoms with Crippen LogP contribution >= 0.6 is 0 Å². The van der Waals surface area contributed by atoms with Gasteiger partial charge in [-0.2, -0.15) is 0 Å². The lowest BCUT2D eigenvalue weighted by Gasteiger charge is -2.29. The zero-order valence-electron chi connectivity index (χ0n) is 21.6. The maximum Gasteiger partial charge on any atom is 0.405 e. The molecule has 40 heavy (non-hydrogen) atoms. The molecule has 0 aliphatic heterocycles. The van der Waals surface area contributed by atoms with Crippen LogP contribution in [-0.2, 0) is 20.8 Å². The van der Waals surface area contributed by atoms with Crippen LogP contribution in [0, 0.1) is 0 Å². The van der Waals surface area contributed by atoms with Crippen LogP contribution in [0.1, 0.15) is 36.9 Å². The molecule has 0 aliphatic carbocycles. The van der Waals surface area contributed by atoms with Gasteiger partial charge in [-0.15, -0.1) is 0 Å². The van der Waals surface area contributed by atoms with E-state index in [0.717, 1.165) is 22.0 Å². The Balaban J connectivity index is 1.42. The fourth-order valence-electron chi connectivity index (χ4n) is 4.30. The van der Waals surface area contributed by atoms with Crippen LogP contribution in [-0.4, -0.2) is 66.6 Å². The van der Waals surface area contributed by atoms with Crippen molar-refractivity contribution in [3.63, 3.8) is 0 Å². The Morgan fingerprint density at radius 3 is 2.45 bits per heavy atom. The molecule has 2 heterocycles. The molecular weight excluding hydrogens is 518 g/mol. The highest BCUT2D eigenvalue weighted by atomic mass is 16.4. The van der Waals surface area contributed by atoms with Crippen molar-refractivity contribution in [2.45, 2.75) is 37.8 Å². The smallest absolute Gasteiger partial charge is 0.405 e. The molecule has 14 heteroatoms. The van der Waals surface area contributed by atoms with Crippen LogP contribution in [0.15, 0.2) is 60.8 Å². The first kappa shape index (κ1) is 27.8. The predicted octanol–water partition coefficient (Wildman–Crippen LogP) is 1.64. The predicted molar refractivity (Wildman–Crippen MR) is 144 cm³/mol.